The lowest BCUT2D eigenvalue weighted by Crippen LogP contribution is -2.20. The Labute approximate surface area is 79.8 Å². The van der Waals surface area contributed by atoms with Crippen LogP contribution in [0.5, 0.6) is 0 Å². The average Bonchev–Trinajstić information content (AvgIpc) is 2.23. The summed E-state index contributed by atoms with van der Waals surface area (Å²) >= 11 is 0. The van der Waals surface area contributed by atoms with E-state index in [2.05, 4.69) is 4.98 Å². The van der Waals surface area contributed by atoms with E-state index in [9.17, 15) is 9.59 Å². The van der Waals surface area contributed by atoms with Crippen LogP contribution in [0.2, 0.25) is 0 Å². The van der Waals surface area contributed by atoms with E-state index in [1.807, 2.05) is 6.07 Å². The molecule has 0 amide bonds. The highest BCUT2D eigenvalue weighted by molar-refractivity contribution is 5.77. The van der Waals surface area contributed by atoms with Crippen LogP contribution in [0.15, 0.2) is 35.4 Å². The molecular formula is C10H7N2O2. The van der Waals surface area contributed by atoms with E-state index in [1.165, 1.54) is 10.9 Å². The summed E-state index contributed by atoms with van der Waals surface area (Å²) in [5, 5.41) is 0.519. The monoisotopic (exact) mass is 187 g/mol. The Morgan fingerprint density at radius 1 is 1.36 bits per heavy atom. The summed E-state index contributed by atoms with van der Waals surface area (Å²) in [4.78, 5) is 25.9. The summed E-state index contributed by atoms with van der Waals surface area (Å²) in [6.07, 6.45) is 3.02. The number of carbonyl (C=O) groups excluding carboxylic acids is 1. The lowest BCUT2D eigenvalue weighted by molar-refractivity contribution is 0.543. The highest BCUT2D eigenvalue weighted by Gasteiger charge is 2.01. The van der Waals surface area contributed by atoms with Crippen LogP contribution >= 0.6 is 0 Å². The first-order valence-electron chi connectivity index (χ1n) is 4.12. The number of para-hydroxylation sites is 1. The number of fused-ring (bicyclic) bond motifs is 1. The molecule has 0 unspecified atom stereocenters. The minimum Gasteiger partial charge on any atom is -0.291 e. The molecule has 0 bridgehead atoms. The summed E-state index contributed by atoms with van der Waals surface area (Å²) < 4.78 is 1.23. The van der Waals surface area contributed by atoms with Crippen LogP contribution in [0.4, 0.5) is 0 Å². The smallest absolute Gasteiger partial charge is 0.261 e. The van der Waals surface area contributed by atoms with Crippen molar-refractivity contribution in [1.82, 2.24) is 9.55 Å². The van der Waals surface area contributed by atoms with Gasteiger partial charge in [0.2, 0.25) is 6.29 Å². The molecular weight excluding hydrogens is 180 g/mol. The summed E-state index contributed by atoms with van der Waals surface area (Å²) in [6.45, 7) is -0.0728. The van der Waals surface area contributed by atoms with Gasteiger partial charge in [0.1, 0.15) is 0 Å². The molecule has 4 nitrogen and oxygen atoms in total. The molecule has 1 aromatic carbocycles. The molecule has 0 aliphatic carbocycles. The van der Waals surface area contributed by atoms with Gasteiger partial charge in [-0.15, -0.1) is 0 Å². The molecule has 0 aliphatic heterocycles. The van der Waals surface area contributed by atoms with Crippen molar-refractivity contribution < 1.29 is 4.79 Å². The van der Waals surface area contributed by atoms with Crippen molar-refractivity contribution >= 4 is 17.2 Å². The van der Waals surface area contributed by atoms with Gasteiger partial charge in [0.25, 0.3) is 5.56 Å². The number of benzene rings is 1. The third kappa shape index (κ3) is 1.31. The van der Waals surface area contributed by atoms with Gasteiger partial charge in [-0.1, -0.05) is 12.1 Å². The largest absolute Gasteiger partial charge is 0.291 e. The molecule has 69 valence electrons. The first-order chi connectivity index (χ1) is 6.83. The third-order valence-corrected chi connectivity index (χ3v) is 1.97. The van der Waals surface area contributed by atoms with E-state index < -0.39 is 0 Å². The van der Waals surface area contributed by atoms with E-state index >= 15 is 0 Å². The van der Waals surface area contributed by atoms with Crippen LogP contribution in [-0.4, -0.2) is 15.8 Å². The normalized spacial score (nSPS) is 10.3. The zero-order valence-corrected chi connectivity index (χ0v) is 7.30. The van der Waals surface area contributed by atoms with Crippen molar-refractivity contribution in [2.24, 2.45) is 0 Å². The van der Waals surface area contributed by atoms with Crippen molar-refractivity contribution in [2.75, 3.05) is 0 Å². The Kier molecular flexibility index (Phi) is 2.10. The first-order valence-corrected chi connectivity index (χ1v) is 4.12. The average molecular weight is 187 g/mol. The molecule has 0 atom stereocenters. The molecule has 0 saturated carbocycles. The third-order valence-electron chi connectivity index (χ3n) is 1.97. The molecule has 2 rings (SSSR count). The molecule has 0 N–H and O–H groups in total. The predicted molar refractivity (Wildman–Crippen MR) is 51.7 cm³/mol. The minimum absolute atomic E-state index is 0.0728. The van der Waals surface area contributed by atoms with Crippen LogP contribution in [0.25, 0.3) is 10.9 Å². The van der Waals surface area contributed by atoms with Gasteiger partial charge in [-0.3, -0.25) is 14.2 Å². The van der Waals surface area contributed by atoms with Crippen molar-refractivity contribution in [3.05, 3.63) is 40.9 Å². The van der Waals surface area contributed by atoms with E-state index in [-0.39, 0.29) is 12.1 Å². The SMILES string of the molecule is O=[C]Cn1cnc2ccccc2c1=O. The van der Waals surface area contributed by atoms with Gasteiger partial charge in [-0.05, 0) is 12.1 Å². The fourth-order valence-corrected chi connectivity index (χ4v) is 1.29. The first kappa shape index (κ1) is 8.62. The standard InChI is InChI=1S/C10H7N2O2/c13-6-5-12-7-11-9-4-2-1-3-8(9)10(12)14/h1-4,7H,5H2. The van der Waals surface area contributed by atoms with E-state index in [1.54, 1.807) is 24.5 Å². The quantitative estimate of drug-likeness (QED) is 0.688. The zero-order valence-electron chi connectivity index (χ0n) is 7.30. The van der Waals surface area contributed by atoms with Crippen LogP contribution in [0.1, 0.15) is 0 Å². The number of hydrogen-bond donors (Lipinski definition) is 0. The maximum absolute atomic E-state index is 11.7. The second-order valence-electron chi connectivity index (χ2n) is 2.84. The van der Waals surface area contributed by atoms with E-state index in [0.717, 1.165) is 0 Å². The molecule has 1 aromatic heterocycles. The second kappa shape index (κ2) is 3.41. The molecule has 2 aromatic rings. The van der Waals surface area contributed by atoms with Gasteiger partial charge in [-0.2, -0.15) is 0 Å². The van der Waals surface area contributed by atoms with Gasteiger partial charge >= 0.3 is 0 Å². The molecule has 14 heavy (non-hydrogen) atoms. The summed E-state index contributed by atoms with van der Waals surface area (Å²) in [6, 6.07) is 7.02. The van der Waals surface area contributed by atoms with Gasteiger partial charge < -0.3 is 0 Å². The van der Waals surface area contributed by atoms with Crippen molar-refractivity contribution in [2.45, 2.75) is 6.54 Å². The lowest BCUT2D eigenvalue weighted by atomic mass is 10.2. The van der Waals surface area contributed by atoms with Gasteiger partial charge in [0.05, 0.1) is 23.8 Å². The summed E-state index contributed by atoms with van der Waals surface area (Å²) in [5.41, 5.74) is 0.429. The fourth-order valence-electron chi connectivity index (χ4n) is 1.29. The predicted octanol–water partition coefficient (Wildman–Crippen LogP) is 0.506. The highest BCUT2D eigenvalue weighted by atomic mass is 16.1. The number of hydrogen-bond acceptors (Lipinski definition) is 3. The van der Waals surface area contributed by atoms with Crippen LogP contribution in [0, 0.1) is 0 Å². The van der Waals surface area contributed by atoms with Gasteiger partial charge in [0.15, 0.2) is 0 Å². The molecule has 4 heteroatoms. The molecule has 0 fully saturated rings. The Balaban J connectivity index is 2.75. The molecule has 0 spiro atoms. The van der Waals surface area contributed by atoms with Crippen molar-refractivity contribution in [1.29, 1.82) is 0 Å². The number of rotatable bonds is 2. The Bertz CT molecular complexity index is 531. The minimum atomic E-state index is -0.209. The van der Waals surface area contributed by atoms with Crippen molar-refractivity contribution in [3.8, 4) is 0 Å². The summed E-state index contributed by atoms with van der Waals surface area (Å²) in [5.74, 6) is 0. The second-order valence-corrected chi connectivity index (χ2v) is 2.84. The number of aromatic nitrogens is 2. The molecule has 0 saturated heterocycles. The van der Waals surface area contributed by atoms with Gasteiger partial charge in [-0.25, -0.2) is 4.98 Å². The van der Waals surface area contributed by atoms with Crippen LogP contribution in [0.3, 0.4) is 0 Å². The molecule has 1 heterocycles. The molecule has 1 radical (unpaired) electrons. The number of nitrogens with zero attached hydrogens (tertiary/aromatic N) is 2. The van der Waals surface area contributed by atoms with Crippen LogP contribution in [-0.2, 0) is 11.3 Å². The Morgan fingerprint density at radius 2 is 2.14 bits per heavy atom. The maximum Gasteiger partial charge on any atom is 0.261 e. The van der Waals surface area contributed by atoms with Crippen molar-refractivity contribution in [3.63, 3.8) is 0 Å². The Morgan fingerprint density at radius 3 is 2.93 bits per heavy atom. The zero-order chi connectivity index (χ0) is 9.97. The fraction of sp³-hybridized carbons (Fsp3) is 0.100. The summed E-state index contributed by atoms with van der Waals surface area (Å²) in [7, 11) is 0. The topological polar surface area (TPSA) is 52.0 Å². The van der Waals surface area contributed by atoms with Crippen LogP contribution < -0.4 is 5.56 Å². The van der Waals surface area contributed by atoms with E-state index in [4.69, 9.17) is 0 Å². The Hall–Kier alpha value is -1.97. The maximum atomic E-state index is 11.7. The highest BCUT2D eigenvalue weighted by Crippen LogP contribution is 2.03. The van der Waals surface area contributed by atoms with Gasteiger partial charge in [0, 0.05) is 0 Å². The van der Waals surface area contributed by atoms with E-state index in [0.29, 0.717) is 10.9 Å². The molecule has 0 aliphatic rings. The lowest BCUT2D eigenvalue weighted by Gasteiger charge is -2.00.